The first-order chi connectivity index (χ1) is 5.24. The Labute approximate surface area is 67.7 Å². The van der Waals surface area contributed by atoms with Crippen molar-refractivity contribution in [3.63, 3.8) is 0 Å². The molecular formula is C9H16FN. The van der Waals surface area contributed by atoms with E-state index >= 15 is 0 Å². The van der Waals surface area contributed by atoms with Crippen molar-refractivity contribution in [2.45, 2.75) is 39.0 Å². The molecule has 1 aliphatic rings. The van der Waals surface area contributed by atoms with Gasteiger partial charge in [-0.15, -0.1) is 0 Å². The molecule has 1 rings (SSSR count). The molecule has 0 aromatic heterocycles. The third-order valence-electron chi connectivity index (χ3n) is 2.19. The predicted molar refractivity (Wildman–Crippen MR) is 45.0 cm³/mol. The van der Waals surface area contributed by atoms with E-state index in [-0.39, 0.29) is 5.92 Å². The summed E-state index contributed by atoms with van der Waals surface area (Å²) in [6, 6.07) is 0.339. The molecule has 0 aliphatic carbocycles. The molecule has 64 valence electrons. The summed E-state index contributed by atoms with van der Waals surface area (Å²) in [5.74, 6) is 0.0937. The maximum atomic E-state index is 13.1. The lowest BCUT2D eigenvalue weighted by atomic mass is 9.94. The van der Waals surface area contributed by atoms with Crippen LogP contribution in [0.25, 0.3) is 0 Å². The lowest BCUT2D eigenvalue weighted by Gasteiger charge is -2.29. The number of hydrogen-bond acceptors (Lipinski definition) is 1. The summed E-state index contributed by atoms with van der Waals surface area (Å²) in [5, 5.41) is 2.90. The third kappa shape index (κ3) is 2.29. The van der Waals surface area contributed by atoms with Gasteiger partial charge in [-0.3, -0.25) is 5.32 Å². The summed E-state index contributed by atoms with van der Waals surface area (Å²) in [4.78, 5) is 0. The van der Waals surface area contributed by atoms with Crippen LogP contribution in [0.2, 0.25) is 0 Å². The molecule has 11 heavy (non-hydrogen) atoms. The van der Waals surface area contributed by atoms with Crippen molar-refractivity contribution < 1.29 is 4.39 Å². The molecule has 3 atom stereocenters. The van der Waals surface area contributed by atoms with E-state index in [2.05, 4.69) is 5.32 Å². The molecule has 0 aromatic rings. The standard InChI is InChI=1S/C9H16FN/c1-3-4-8-6-5-7(2)11-9(8)10/h3-4,7-9,11H,5-6H2,1-2H3/b4-3+. The van der Waals surface area contributed by atoms with Crippen molar-refractivity contribution in [1.82, 2.24) is 5.32 Å². The highest BCUT2D eigenvalue weighted by atomic mass is 19.1. The zero-order valence-electron chi connectivity index (χ0n) is 7.18. The van der Waals surface area contributed by atoms with Gasteiger partial charge in [-0.2, -0.15) is 0 Å². The van der Waals surface area contributed by atoms with Gasteiger partial charge in [0, 0.05) is 12.0 Å². The second kappa shape index (κ2) is 3.86. The lowest BCUT2D eigenvalue weighted by Crippen LogP contribution is -2.42. The van der Waals surface area contributed by atoms with Gasteiger partial charge in [0.15, 0.2) is 6.30 Å². The van der Waals surface area contributed by atoms with E-state index in [9.17, 15) is 4.39 Å². The SMILES string of the molecule is C/C=C/C1CCC(C)NC1F. The van der Waals surface area contributed by atoms with Gasteiger partial charge in [0.1, 0.15) is 0 Å². The third-order valence-corrected chi connectivity index (χ3v) is 2.19. The quantitative estimate of drug-likeness (QED) is 0.454. The molecule has 1 saturated heterocycles. The molecule has 0 bridgehead atoms. The highest BCUT2D eigenvalue weighted by molar-refractivity contribution is 4.92. The van der Waals surface area contributed by atoms with Gasteiger partial charge in [-0.05, 0) is 26.7 Å². The average Bonchev–Trinajstić information content (AvgIpc) is 1.95. The zero-order chi connectivity index (χ0) is 8.27. The zero-order valence-corrected chi connectivity index (χ0v) is 7.18. The Morgan fingerprint density at radius 3 is 2.73 bits per heavy atom. The first kappa shape index (κ1) is 8.72. The molecule has 1 N–H and O–H groups in total. The molecule has 0 amide bonds. The summed E-state index contributed by atoms with van der Waals surface area (Å²) in [7, 11) is 0. The van der Waals surface area contributed by atoms with Gasteiger partial charge in [0.25, 0.3) is 0 Å². The summed E-state index contributed by atoms with van der Waals surface area (Å²) in [5.41, 5.74) is 0. The molecule has 3 unspecified atom stereocenters. The van der Waals surface area contributed by atoms with Crippen LogP contribution >= 0.6 is 0 Å². The number of halogens is 1. The van der Waals surface area contributed by atoms with E-state index in [1.54, 1.807) is 0 Å². The highest BCUT2D eigenvalue weighted by Crippen LogP contribution is 2.21. The molecule has 1 fully saturated rings. The van der Waals surface area contributed by atoms with Crippen LogP contribution in [0.5, 0.6) is 0 Å². The second-order valence-corrected chi connectivity index (χ2v) is 3.24. The number of allylic oxidation sites excluding steroid dienone is 1. The Balaban J connectivity index is 2.43. The van der Waals surface area contributed by atoms with Crippen LogP contribution < -0.4 is 5.32 Å². The van der Waals surface area contributed by atoms with Gasteiger partial charge in [-0.25, -0.2) is 4.39 Å². The van der Waals surface area contributed by atoms with E-state index < -0.39 is 6.30 Å². The van der Waals surface area contributed by atoms with Crippen LogP contribution in [-0.4, -0.2) is 12.3 Å². The van der Waals surface area contributed by atoms with E-state index in [0.29, 0.717) is 6.04 Å². The van der Waals surface area contributed by atoms with Crippen molar-refractivity contribution in [1.29, 1.82) is 0 Å². The fourth-order valence-electron chi connectivity index (χ4n) is 1.51. The number of piperidine rings is 1. The van der Waals surface area contributed by atoms with Crippen molar-refractivity contribution >= 4 is 0 Å². The highest BCUT2D eigenvalue weighted by Gasteiger charge is 2.25. The minimum atomic E-state index is -0.838. The van der Waals surface area contributed by atoms with Crippen molar-refractivity contribution in [3.8, 4) is 0 Å². The van der Waals surface area contributed by atoms with Gasteiger partial charge in [0.05, 0.1) is 0 Å². The largest absolute Gasteiger partial charge is 0.285 e. The maximum absolute atomic E-state index is 13.1. The molecule has 0 spiro atoms. The lowest BCUT2D eigenvalue weighted by molar-refractivity contribution is 0.146. The molecular weight excluding hydrogens is 141 g/mol. The second-order valence-electron chi connectivity index (χ2n) is 3.24. The Kier molecular flexibility index (Phi) is 3.06. The van der Waals surface area contributed by atoms with Crippen LogP contribution in [0.1, 0.15) is 26.7 Å². The Morgan fingerprint density at radius 1 is 1.45 bits per heavy atom. The number of nitrogens with one attached hydrogen (secondary N) is 1. The van der Waals surface area contributed by atoms with Gasteiger partial charge < -0.3 is 0 Å². The summed E-state index contributed by atoms with van der Waals surface area (Å²) >= 11 is 0. The predicted octanol–water partition coefficient (Wildman–Crippen LogP) is 2.25. The summed E-state index contributed by atoms with van der Waals surface area (Å²) < 4.78 is 13.1. The van der Waals surface area contributed by atoms with Crippen LogP contribution in [0.15, 0.2) is 12.2 Å². The van der Waals surface area contributed by atoms with Crippen LogP contribution in [-0.2, 0) is 0 Å². The van der Waals surface area contributed by atoms with Gasteiger partial charge in [0.2, 0.25) is 0 Å². The Bertz CT molecular complexity index is 144. The molecule has 2 heteroatoms. The topological polar surface area (TPSA) is 12.0 Å². The van der Waals surface area contributed by atoms with Crippen LogP contribution in [0, 0.1) is 5.92 Å². The first-order valence-electron chi connectivity index (χ1n) is 4.27. The fourth-order valence-corrected chi connectivity index (χ4v) is 1.51. The number of hydrogen-bond donors (Lipinski definition) is 1. The molecule has 1 heterocycles. The van der Waals surface area contributed by atoms with Crippen LogP contribution in [0.3, 0.4) is 0 Å². The molecule has 0 saturated carbocycles. The van der Waals surface area contributed by atoms with Crippen molar-refractivity contribution in [2.75, 3.05) is 0 Å². The van der Waals surface area contributed by atoms with Crippen molar-refractivity contribution in [3.05, 3.63) is 12.2 Å². The van der Waals surface area contributed by atoms with E-state index in [4.69, 9.17) is 0 Å². The monoisotopic (exact) mass is 157 g/mol. The molecule has 1 aliphatic heterocycles. The molecule has 0 radical (unpaired) electrons. The maximum Gasteiger partial charge on any atom is 0.157 e. The normalized spacial score (nSPS) is 39.7. The van der Waals surface area contributed by atoms with E-state index in [0.717, 1.165) is 12.8 Å². The smallest absolute Gasteiger partial charge is 0.157 e. The fraction of sp³-hybridized carbons (Fsp3) is 0.778. The minimum absolute atomic E-state index is 0.0937. The average molecular weight is 157 g/mol. The van der Waals surface area contributed by atoms with Crippen LogP contribution in [0.4, 0.5) is 4.39 Å². The minimum Gasteiger partial charge on any atom is -0.285 e. The van der Waals surface area contributed by atoms with E-state index in [1.807, 2.05) is 26.0 Å². The molecule has 0 aromatic carbocycles. The first-order valence-corrected chi connectivity index (χ1v) is 4.27. The van der Waals surface area contributed by atoms with E-state index in [1.165, 1.54) is 0 Å². The number of rotatable bonds is 1. The van der Waals surface area contributed by atoms with Gasteiger partial charge >= 0.3 is 0 Å². The molecule has 1 nitrogen and oxygen atoms in total. The Hall–Kier alpha value is -0.370. The number of alkyl halides is 1. The summed E-state index contributed by atoms with van der Waals surface area (Å²) in [6.07, 6.45) is 5.09. The van der Waals surface area contributed by atoms with Crippen molar-refractivity contribution in [2.24, 2.45) is 5.92 Å². The Morgan fingerprint density at radius 2 is 2.18 bits per heavy atom. The summed E-state index contributed by atoms with van der Waals surface area (Å²) in [6.45, 7) is 3.96. The van der Waals surface area contributed by atoms with Gasteiger partial charge in [-0.1, -0.05) is 12.2 Å².